The SMILES string of the molecule is CCNC(=NCCN(CC)C(C)C)NC1CCN(C2CCCC2)C1. The number of hydrogen-bond donors (Lipinski definition) is 2. The first-order valence-corrected chi connectivity index (χ1v) is 10.2. The lowest BCUT2D eigenvalue weighted by molar-refractivity contribution is 0.240. The van der Waals surface area contributed by atoms with Crippen LogP contribution in [0.25, 0.3) is 0 Å². The molecule has 0 radical (unpaired) electrons. The van der Waals surface area contributed by atoms with E-state index in [0.717, 1.165) is 38.2 Å². The number of likely N-dealkylation sites (N-methyl/N-ethyl adjacent to an activating group) is 1. The molecule has 0 spiro atoms. The minimum absolute atomic E-state index is 0.552. The molecule has 1 aliphatic carbocycles. The third-order valence-corrected chi connectivity index (χ3v) is 5.54. The summed E-state index contributed by atoms with van der Waals surface area (Å²) in [7, 11) is 0. The van der Waals surface area contributed by atoms with Crippen LogP contribution in [0.4, 0.5) is 0 Å². The highest BCUT2D eigenvalue weighted by Gasteiger charge is 2.30. The van der Waals surface area contributed by atoms with Crippen molar-refractivity contribution in [2.24, 2.45) is 4.99 Å². The van der Waals surface area contributed by atoms with Gasteiger partial charge < -0.3 is 10.6 Å². The lowest BCUT2D eigenvalue weighted by Gasteiger charge is -2.25. The molecule has 24 heavy (non-hydrogen) atoms. The fourth-order valence-electron chi connectivity index (χ4n) is 4.09. The summed E-state index contributed by atoms with van der Waals surface area (Å²) in [5.74, 6) is 0.996. The Morgan fingerprint density at radius 3 is 2.58 bits per heavy atom. The van der Waals surface area contributed by atoms with E-state index in [9.17, 15) is 0 Å². The van der Waals surface area contributed by atoms with Crippen LogP contribution in [0.2, 0.25) is 0 Å². The normalized spacial score (nSPS) is 23.6. The summed E-state index contributed by atoms with van der Waals surface area (Å²) in [4.78, 5) is 9.97. The van der Waals surface area contributed by atoms with E-state index < -0.39 is 0 Å². The van der Waals surface area contributed by atoms with Gasteiger partial charge in [-0.3, -0.25) is 14.8 Å². The Morgan fingerprint density at radius 2 is 1.96 bits per heavy atom. The third-order valence-electron chi connectivity index (χ3n) is 5.54. The van der Waals surface area contributed by atoms with Crippen LogP contribution in [0.5, 0.6) is 0 Å². The maximum atomic E-state index is 4.80. The van der Waals surface area contributed by atoms with Crippen molar-refractivity contribution >= 4 is 5.96 Å². The summed E-state index contributed by atoms with van der Waals surface area (Å²) >= 11 is 0. The van der Waals surface area contributed by atoms with Crippen LogP contribution in [0, 0.1) is 0 Å². The van der Waals surface area contributed by atoms with E-state index in [1.807, 2.05) is 0 Å². The lowest BCUT2D eigenvalue weighted by atomic mass is 10.2. The number of nitrogens with one attached hydrogen (secondary N) is 2. The number of guanidine groups is 1. The molecule has 1 aliphatic heterocycles. The van der Waals surface area contributed by atoms with Gasteiger partial charge in [-0.25, -0.2) is 0 Å². The molecule has 0 amide bonds. The second kappa shape index (κ2) is 10.2. The number of aliphatic imine (C=N–C) groups is 1. The lowest BCUT2D eigenvalue weighted by Crippen LogP contribution is -2.45. The summed E-state index contributed by atoms with van der Waals surface area (Å²) in [6.45, 7) is 15.2. The van der Waals surface area contributed by atoms with E-state index in [0.29, 0.717) is 12.1 Å². The number of nitrogens with zero attached hydrogens (tertiary/aromatic N) is 3. The van der Waals surface area contributed by atoms with Gasteiger partial charge in [-0.15, -0.1) is 0 Å². The van der Waals surface area contributed by atoms with Crippen molar-refractivity contribution < 1.29 is 0 Å². The maximum Gasteiger partial charge on any atom is 0.191 e. The van der Waals surface area contributed by atoms with Crippen molar-refractivity contribution in [2.45, 2.75) is 77.9 Å². The van der Waals surface area contributed by atoms with Gasteiger partial charge in [0.15, 0.2) is 5.96 Å². The standard InChI is InChI=1S/C19H39N5/c1-5-20-19(21-12-14-23(6-2)16(3)4)22-17-11-13-24(15-17)18-9-7-8-10-18/h16-18H,5-15H2,1-4H3,(H2,20,21,22). The van der Waals surface area contributed by atoms with Gasteiger partial charge in [0, 0.05) is 44.3 Å². The Bertz CT molecular complexity index is 376. The summed E-state index contributed by atoms with van der Waals surface area (Å²) in [5, 5.41) is 7.09. The molecule has 0 bridgehead atoms. The Kier molecular flexibility index (Phi) is 8.33. The molecule has 2 N–H and O–H groups in total. The molecule has 1 saturated carbocycles. The Hall–Kier alpha value is -0.810. The van der Waals surface area contributed by atoms with E-state index in [-0.39, 0.29) is 0 Å². The van der Waals surface area contributed by atoms with E-state index in [1.165, 1.54) is 45.2 Å². The van der Waals surface area contributed by atoms with Crippen LogP contribution >= 0.6 is 0 Å². The highest BCUT2D eigenvalue weighted by atomic mass is 15.3. The maximum absolute atomic E-state index is 4.80. The fraction of sp³-hybridized carbons (Fsp3) is 0.947. The largest absolute Gasteiger partial charge is 0.357 e. The van der Waals surface area contributed by atoms with E-state index in [1.54, 1.807) is 0 Å². The van der Waals surface area contributed by atoms with Crippen LogP contribution in [0.1, 0.15) is 59.8 Å². The molecule has 0 aromatic heterocycles. The second-order valence-corrected chi connectivity index (χ2v) is 7.55. The van der Waals surface area contributed by atoms with Gasteiger partial charge in [0.2, 0.25) is 0 Å². The molecule has 1 atom stereocenters. The Labute approximate surface area is 149 Å². The summed E-state index contributed by atoms with van der Waals surface area (Å²) in [5.41, 5.74) is 0. The van der Waals surface area contributed by atoms with Crippen molar-refractivity contribution in [2.75, 3.05) is 39.3 Å². The second-order valence-electron chi connectivity index (χ2n) is 7.55. The van der Waals surface area contributed by atoms with Gasteiger partial charge in [0.25, 0.3) is 0 Å². The summed E-state index contributed by atoms with van der Waals surface area (Å²) in [6, 6.07) is 1.99. The predicted octanol–water partition coefficient (Wildman–Crippen LogP) is 2.29. The average molecular weight is 338 g/mol. The minimum Gasteiger partial charge on any atom is -0.357 e. The average Bonchev–Trinajstić information content (AvgIpc) is 3.22. The quantitative estimate of drug-likeness (QED) is 0.527. The first kappa shape index (κ1) is 19.5. The third kappa shape index (κ3) is 5.92. The zero-order valence-corrected chi connectivity index (χ0v) is 16.4. The molecule has 2 rings (SSSR count). The minimum atomic E-state index is 0.552. The molecule has 0 aromatic rings. The van der Waals surface area contributed by atoms with Gasteiger partial charge in [0.1, 0.15) is 0 Å². The molecule has 0 aromatic carbocycles. The van der Waals surface area contributed by atoms with E-state index in [4.69, 9.17) is 4.99 Å². The van der Waals surface area contributed by atoms with Crippen molar-refractivity contribution in [3.63, 3.8) is 0 Å². The monoisotopic (exact) mass is 337 g/mol. The van der Waals surface area contributed by atoms with Crippen LogP contribution in [0.3, 0.4) is 0 Å². The van der Waals surface area contributed by atoms with E-state index >= 15 is 0 Å². The number of likely N-dealkylation sites (tertiary alicyclic amines) is 1. The topological polar surface area (TPSA) is 42.9 Å². The van der Waals surface area contributed by atoms with Crippen LogP contribution in [-0.2, 0) is 0 Å². The van der Waals surface area contributed by atoms with Gasteiger partial charge in [-0.1, -0.05) is 19.8 Å². The molecule has 1 heterocycles. The molecule has 5 nitrogen and oxygen atoms in total. The zero-order chi connectivity index (χ0) is 17.4. The van der Waals surface area contributed by atoms with Crippen LogP contribution in [0.15, 0.2) is 4.99 Å². The molecule has 2 aliphatic rings. The van der Waals surface area contributed by atoms with E-state index in [2.05, 4.69) is 48.1 Å². The van der Waals surface area contributed by atoms with Gasteiger partial charge in [0.05, 0.1) is 6.54 Å². The molecule has 140 valence electrons. The molecule has 5 heteroatoms. The van der Waals surface area contributed by atoms with Crippen molar-refractivity contribution in [1.29, 1.82) is 0 Å². The molecular weight excluding hydrogens is 298 g/mol. The van der Waals surface area contributed by atoms with Gasteiger partial charge in [-0.2, -0.15) is 0 Å². The highest BCUT2D eigenvalue weighted by molar-refractivity contribution is 5.80. The van der Waals surface area contributed by atoms with Gasteiger partial charge >= 0.3 is 0 Å². The van der Waals surface area contributed by atoms with Crippen molar-refractivity contribution in [1.82, 2.24) is 20.4 Å². The fourth-order valence-corrected chi connectivity index (χ4v) is 4.09. The smallest absolute Gasteiger partial charge is 0.191 e. The first-order valence-electron chi connectivity index (χ1n) is 10.2. The Balaban J connectivity index is 1.78. The first-order chi connectivity index (χ1) is 11.6. The Morgan fingerprint density at radius 1 is 1.21 bits per heavy atom. The molecular formula is C19H39N5. The number of hydrogen-bond acceptors (Lipinski definition) is 3. The molecule has 1 unspecified atom stereocenters. The van der Waals surface area contributed by atoms with Crippen molar-refractivity contribution in [3.8, 4) is 0 Å². The van der Waals surface area contributed by atoms with Crippen molar-refractivity contribution in [3.05, 3.63) is 0 Å². The van der Waals surface area contributed by atoms with Gasteiger partial charge in [-0.05, 0) is 46.6 Å². The predicted molar refractivity (Wildman–Crippen MR) is 104 cm³/mol. The summed E-state index contributed by atoms with van der Waals surface area (Å²) in [6.07, 6.45) is 6.90. The highest BCUT2D eigenvalue weighted by Crippen LogP contribution is 2.26. The zero-order valence-electron chi connectivity index (χ0n) is 16.4. The van der Waals surface area contributed by atoms with Crippen LogP contribution in [-0.4, -0.2) is 73.2 Å². The van der Waals surface area contributed by atoms with Crippen LogP contribution < -0.4 is 10.6 Å². The number of rotatable bonds is 8. The molecule has 2 fully saturated rings. The molecule has 1 saturated heterocycles. The summed E-state index contributed by atoms with van der Waals surface area (Å²) < 4.78 is 0.